The van der Waals surface area contributed by atoms with Crippen molar-refractivity contribution in [2.75, 3.05) is 18.0 Å². The van der Waals surface area contributed by atoms with Gasteiger partial charge in [-0.05, 0) is 37.2 Å². The lowest BCUT2D eigenvalue weighted by atomic mass is 9.77. The average molecular weight is 287 g/mol. The highest BCUT2D eigenvalue weighted by molar-refractivity contribution is 5.85. The monoisotopic (exact) mass is 287 g/mol. The van der Waals surface area contributed by atoms with Crippen molar-refractivity contribution < 1.29 is 9.90 Å². The fourth-order valence-electron chi connectivity index (χ4n) is 3.55. The number of aliphatic carboxylic acids is 1. The highest BCUT2D eigenvalue weighted by Gasteiger charge is 2.37. The zero-order valence-electron chi connectivity index (χ0n) is 12.2. The minimum Gasteiger partial charge on any atom is -0.478 e. The Hall–Kier alpha value is -1.91. The van der Waals surface area contributed by atoms with Gasteiger partial charge in [-0.2, -0.15) is 0 Å². The molecule has 0 atom stereocenters. The molecule has 21 heavy (non-hydrogen) atoms. The smallest absolute Gasteiger partial charge is 0.328 e. The molecular formula is C16H21N3O2. The molecule has 0 bridgehead atoms. The molecule has 5 heteroatoms. The fraction of sp³-hybridized carbons (Fsp3) is 0.562. The van der Waals surface area contributed by atoms with Crippen molar-refractivity contribution in [2.45, 2.75) is 38.5 Å². The Morgan fingerprint density at radius 1 is 1.14 bits per heavy atom. The summed E-state index contributed by atoms with van der Waals surface area (Å²) in [6.07, 6.45) is 14.0. The standard InChI is InChI=1S/C16H21N3O2/c20-14(21)4-3-13-11-17-15(18-12-13)19-9-7-16(8-10-19)5-1-2-6-16/h3-4,11-12H,1-2,5-10H2,(H,20,21)/b4-3+. The molecular weight excluding hydrogens is 266 g/mol. The first-order valence-electron chi connectivity index (χ1n) is 7.65. The molecule has 2 aliphatic rings. The van der Waals surface area contributed by atoms with E-state index in [1.54, 1.807) is 12.4 Å². The summed E-state index contributed by atoms with van der Waals surface area (Å²) in [5.74, 6) is -0.202. The molecule has 3 rings (SSSR count). The number of carbonyl (C=O) groups is 1. The van der Waals surface area contributed by atoms with Crippen molar-refractivity contribution in [1.82, 2.24) is 9.97 Å². The molecule has 2 fully saturated rings. The zero-order valence-corrected chi connectivity index (χ0v) is 12.2. The van der Waals surface area contributed by atoms with Crippen LogP contribution in [0.5, 0.6) is 0 Å². The minimum atomic E-state index is -0.961. The van der Waals surface area contributed by atoms with Gasteiger partial charge in [0, 0.05) is 37.1 Å². The third kappa shape index (κ3) is 3.23. The average Bonchev–Trinajstić information content (AvgIpc) is 2.95. The van der Waals surface area contributed by atoms with E-state index in [1.807, 2.05) is 0 Å². The molecule has 1 aromatic heterocycles. The van der Waals surface area contributed by atoms with Gasteiger partial charge in [-0.25, -0.2) is 14.8 Å². The van der Waals surface area contributed by atoms with E-state index >= 15 is 0 Å². The Balaban J connectivity index is 1.61. The molecule has 112 valence electrons. The van der Waals surface area contributed by atoms with Crippen LogP contribution >= 0.6 is 0 Å². The van der Waals surface area contributed by atoms with Crippen LogP contribution in [0.15, 0.2) is 18.5 Å². The summed E-state index contributed by atoms with van der Waals surface area (Å²) < 4.78 is 0. The second kappa shape index (κ2) is 5.84. The summed E-state index contributed by atoms with van der Waals surface area (Å²) in [7, 11) is 0. The van der Waals surface area contributed by atoms with E-state index in [-0.39, 0.29) is 0 Å². The lowest BCUT2D eigenvalue weighted by Gasteiger charge is -2.39. The van der Waals surface area contributed by atoms with Crippen LogP contribution in [0, 0.1) is 5.41 Å². The molecule has 5 nitrogen and oxygen atoms in total. The van der Waals surface area contributed by atoms with Gasteiger partial charge in [-0.1, -0.05) is 12.8 Å². The second-order valence-electron chi connectivity index (χ2n) is 6.18. The molecule has 0 unspecified atom stereocenters. The molecule has 0 radical (unpaired) electrons. The van der Waals surface area contributed by atoms with Gasteiger partial charge < -0.3 is 10.0 Å². The maximum absolute atomic E-state index is 10.5. The van der Waals surface area contributed by atoms with Gasteiger partial charge in [-0.15, -0.1) is 0 Å². The van der Waals surface area contributed by atoms with Crippen LogP contribution < -0.4 is 4.90 Å². The van der Waals surface area contributed by atoms with E-state index in [2.05, 4.69) is 14.9 Å². The first-order chi connectivity index (χ1) is 10.2. The Kier molecular flexibility index (Phi) is 3.90. The molecule has 0 aromatic carbocycles. The second-order valence-corrected chi connectivity index (χ2v) is 6.18. The van der Waals surface area contributed by atoms with Gasteiger partial charge in [-0.3, -0.25) is 0 Å². The fourth-order valence-corrected chi connectivity index (χ4v) is 3.55. The Morgan fingerprint density at radius 2 is 1.76 bits per heavy atom. The summed E-state index contributed by atoms with van der Waals surface area (Å²) in [6.45, 7) is 2.06. The number of piperidine rings is 1. The van der Waals surface area contributed by atoms with Crippen LogP contribution in [0.3, 0.4) is 0 Å². The van der Waals surface area contributed by atoms with E-state index in [0.29, 0.717) is 11.0 Å². The predicted molar refractivity (Wildman–Crippen MR) is 81.0 cm³/mol. The number of carboxylic acid groups (broad SMARTS) is 1. The van der Waals surface area contributed by atoms with Gasteiger partial charge in [0.1, 0.15) is 0 Å². The molecule has 2 heterocycles. The first-order valence-corrected chi connectivity index (χ1v) is 7.65. The maximum atomic E-state index is 10.5. The summed E-state index contributed by atoms with van der Waals surface area (Å²) in [4.78, 5) is 21.5. The van der Waals surface area contributed by atoms with Crippen molar-refractivity contribution >= 4 is 18.0 Å². The highest BCUT2D eigenvalue weighted by Crippen LogP contribution is 2.46. The van der Waals surface area contributed by atoms with Crippen molar-refractivity contribution in [3.05, 3.63) is 24.0 Å². The first kappa shape index (κ1) is 14.0. The van der Waals surface area contributed by atoms with Crippen LogP contribution in [0.4, 0.5) is 5.95 Å². The highest BCUT2D eigenvalue weighted by atomic mass is 16.4. The largest absolute Gasteiger partial charge is 0.478 e. The van der Waals surface area contributed by atoms with Crippen LogP contribution in [0.1, 0.15) is 44.1 Å². The van der Waals surface area contributed by atoms with Crippen molar-refractivity contribution in [2.24, 2.45) is 5.41 Å². The molecule has 1 aliphatic heterocycles. The van der Waals surface area contributed by atoms with Crippen LogP contribution in [0.2, 0.25) is 0 Å². The minimum absolute atomic E-state index is 0.598. The number of aromatic nitrogens is 2. The summed E-state index contributed by atoms with van der Waals surface area (Å²) >= 11 is 0. The van der Waals surface area contributed by atoms with E-state index in [9.17, 15) is 4.79 Å². The van der Waals surface area contributed by atoms with Gasteiger partial charge in [0.25, 0.3) is 0 Å². The van der Waals surface area contributed by atoms with Gasteiger partial charge >= 0.3 is 5.97 Å². The SMILES string of the molecule is O=C(O)/C=C/c1cnc(N2CCC3(CCCC3)CC2)nc1. The predicted octanol–water partition coefficient (Wildman–Crippen LogP) is 2.74. The number of nitrogens with zero attached hydrogens (tertiary/aromatic N) is 3. The lowest BCUT2D eigenvalue weighted by molar-refractivity contribution is -0.131. The van der Waals surface area contributed by atoms with Crippen LogP contribution in [-0.2, 0) is 4.79 Å². The topological polar surface area (TPSA) is 66.3 Å². The molecule has 1 spiro atoms. The lowest BCUT2D eigenvalue weighted by Crippen LogP contribution is -2.39. The maximum Gasteiger partial charge on any atom is 0.328 e. The number of anilines is 1. The number of hydrogen-bond donors (Lipinski definition) is 1. The van der Waals surface area contributed by atoms with Gasteiger partial charge in [0.05, 0.1) is 0 Å². The molecule has 1 saturated heterocycles. The number of hydrogen-bond acceptors (Lipinski definition) is 4. The number of rotatable bonds is 3. The third-order valence-corrected chi connectivity index (χ3v) is 4.85. The Morgan fingerprint density at radius 3 is 2.33 bits per heavy atom. The zero-order chi connectivity index (χ0) is 14.7. The van der Waals surface area contributed by atoms with Gasteiger partial charge in [0.15, 0.2) is 0 Å². The quantitative estimate of drug-likeness (QED) is 0.866. The molecule has 1 saturated carbocycles. The molecule has 1 N–H and O–H groups in total. The molecule has 1 aliphatic carbocycles. The van der Waals surface area contributed by atoms with Crippen molar-refractivity contribution in [1.29, 1.82) is 0 Å². The molecule has 0 amide bonds. The van der Waals surface area contributed by atoms with E-state index in [0.717, 1.165) is 25.1 Å². The third-order valence-electron chi connectivity index (χ3n) is 4.85. The van der Waals surface area contributed by atoms with Crippen molar-refractivity contribution in [3.8, 4) is 0 Å². The summed E-state index contributed by atoms with van der Waals surface area (Å²) in [5, 5.41) is 8.60. The van der Waals surface area contributed by atoms with Crippen LogP contribution in [0.25, 0.3) is 6.08 Å². The summed E-state index contributed by atoms with van der Waals surface area (Å²) in [6, 6.07) is 0. The van der Waals surface area contributed by atoms with E-state index in [1.165, 1.54) is 44.6 Å². The number of carboxylic acids is 1. The van der Waals surface area contributed by atoms with Crippen LogP contribution in [-0.4, -0.2) is 34.1 Å². The normalized spacial score (nSPS) is 21.2. The van der Waals surface area contributed by atoms with E-state index in [4.69, 9.17) is 5.11 Å². The Labute approximate surface area is 124 Å². The van der Waals surface area contributed by atoms with E-state index < -0.39 is 5.97 Å². The summed E-state index contributed by atoms with van der Waals surface area (Å²) in [5.41, 5.74) is 1.31. The molecule has 1 aromatic rings. The Bertz CT molecular complexity index is 523. The van der Waals surface area contributed by atoms with Gasteiger partial charge in [0.2, 0.25) is 5.95 Å². The van der Waals surface area contributed by atoms with Crippen molar-refractivity contribution in [3.63, 3.8) is 0 Å².